The molecule has 3 nitrogen and oxygen atoms in total. The zero-order valence-electron chi connectivity index (χ0n) is 7.72. The summed E-state index contributed by atoms with van der Waals surface area (Å²) in [6, 6.07) is 0. The van der Waals surface area contributed by atoms with E-state index in [2.05, 4.69) is 23.5 Å². The molecule has 0 aliphatic carbocycles. The molecule has 0 aliphatic rings. The van der Waals surface area contributed by atoms with Gasteiger partial charge in [-0.05, 0) is 24.4 Å². The minimum absolute atomic E-state index is 0.645. The first kappa shape index (κ1) is 9.32. The van der Waals surface area contributed by atoms with Crippen molar-refractivity contribution in [3.05, 3.63) is 5.56 Å². The van der Waals surface area contributed by atoms with E-state index in [-0.39, 0.29) is 0 Å². The summed E-state index contributed by atoms with van der Waals surface area (Å²) >= 11 is 1.43. The molecule has 0 fully saturated rings. The Morgan fingerprint density at radius 3 is 2.67 bits per heavy atom. The van der Waals surface area contributed by atoms with Gasteiger partial charge in [0.15, 0.2) is 0 Å². The van der Waals surface area contributed by atoms with E-state index in [1.807, 2.05) is 6.92 Å². The Morgan fingerprint density at radius 1 is 1.58 bits per heavy atom. The Kier molecular flexibility index (Phi) is 2.92. The second-order valence-electron chi connectivity index (χ2n) is 3.30. The van der Waals surface area contributed by atoms with Crippen molar-refractivity contribution >= 4 is 22.4 Å². The lowest BCUT2D eigenvalue weighted by molar-refractivity contribution is 0.690. The van der Waals surface area contributed by atoms with E-state index in [9.17, 15) is 0 Å². The zero-order chi connectivity index (χ0) is 9.14. The minimum atomic E-state index is 0.645. The van der Waals surface area contributed by atoms with Crippen LogP contribution in [-0.2, 0) is 0 Å². The summed E-state index contributed by atoms with van der Waals surface area (Å²) in [6.07, 6.45) is 0. The van der Waals surface area contributed by atoms with Gasteiger partial charge in [0.1, 0.15) is 10.8 Å². The fourth-order valence-corrected chi connectivity index (χ4v) is 1.53. The Bertz CT molecular complexity index is 255. The number of hydrogen-bond acceptors (Lipinski definition) is 4. The van der Waals surface area contributed by atoms with Crippen molar-refractivity contribution in [1.29, 1.82) is 0 Å². The minimum Gasteiger partial charge on any atom is -0.383 e. The standard InChI is InChI=1S/C8H15N3S/c1-5(2)4-10-8-6(3)7(9)11-12-8/h5,10H,4H2,1-3H3,(H2,9,11). The predicted octanol–water partition coefficient (Wildman–Crippen LogP) is 2.10. The van der Waals surface area contributed by atoms with Gasteiger partial charge in [0.25, 0.3) is 0 Å². The number of nitrogens with zero attached hydrogens (tertiary/aromatic N) is 1. The zero-order valence-corrected chi connectivity index (χ0v) is 8.53. The van der Waals surface area contributed by atoms with Gasteiger partial charge in [-0.2, -0.15) is 4.37 Å². The number of nitrogens with one attached hydrogen (secondary N) is 1. The molecule has 0 amide bonds. The van der Waals surface area contributed by atoms with E-state index in [0.29, 0.717) is 11.7 Å². The number of aromatic nitrogens is 1. The van der Waals surface area contributed by atoms with Crippen LogP contribution in [0.4, 0.5) is 10.8 Å². The van der Waals surface area contributed by atoms with Gasteiger partial charge in [-0.15, -0.1) is 0 Å². The molecule has 3 N–H and O–H groups in total. The molecule has 0 aromatic carbocycles. The van der Waals surface area contributed by atoms with Gasteiger partial charge in [0.05, 0.1) is 0 Å². The highest BCUT2D eigenvalue weighted by Crippen LogP contribution is 2.25. The van der Waals surface area contributed by atoms with Crippen LogP contribution in [0.25, 0.3) is 0 Å². The summed E-state index contributed by atoms with van der Waals surface area (Å²) in [5, 5.41) is 4.41. The van der Waals surface area contributed by atoms with Crippen molar-refractivity contribution in [2.45, 2.75) is 20.8 Å². The molecule has 1 heterocycles. The summed E-state index contributed by atoms with van der Waals surface area (Å²) in [5.74, 6) is 1.29. The van der Waals surface area contributed by atoms with Crippen LogP contribution in [0.1, 0.15) is 19.4 Å². The first-order valence-corrected chi connectivity index (χ1v) is 4.84. The van der Waals surface area contributed by atoms with Crippen molar-refractivity contribution in [2.24, 2.45) is 5.92 Å². The second-order valence-corrected chi connectivity index (χ2v) is 4.07. The molecule has 0 saturated heterocycles. The van der Waals surface area contributed by atoms with Gasteiger partial charge in [0, 0.05) is 12.1 Å². The monoisotopic (exact) mass is 185 g/mol. The van der Waals surface area contributed by atoms with Crippen LogP contribution in [0, 0.1) is 12.8 Å². The average molecular weight is 185 g/mol. The smallest absolute Gasteiger partial charge is 0.142 e. The van der Waals surface area contributed by atoms with Crippen molar-refractivity contribution in [3.63, 3.8) is 0 Å². The topological polar surface area (TPSA) is 50.9 Å². The van der Waals surface area contributed by atoms with Crippen molar-refractivity contribution in [1.82, 2.24) is 4.37 Å². The van der Waals surface area contributed by atoms with E-state index in [1.165, 1.54) is 11.5 Å². The third kappa shape index (κ3) is 2.11. The van der Waals surface area contributed by atoms with Gasteiger partial charge in [-0.25, -0.2) is 0 Å². The van der Waals surface area contributed by atoms with Gasteiger partial charge in [-0.3, -0.25) is 0 Å². The van der Waals surface area contributed by atoms with E-state index in [1.54, 1.807) is 0 Å². The van der Waals surface area contributed by atoms with Gasteiger partial charge >= 0.3 is 0 Å². The number of nitrogens with two attached hydrogens (primary N) is 1. The average Bonchev–Trinajstić information content (AvgIpc) is 2.30. The van der Waals surface area contributed by atoms with E-state index >= 15 is 0 Å². The second kappa shape index (κ2) is 3.76. The quantitative estimate of drug-likeness (QED) is 0.758. The first-order valence-electron chi connectivity index (χ1n) is 4.07. The van der Waals surface area contributed by atoms with Crippen molar-refractivity contribution < 1.29 is 0 Å². The Morgan fingerprint density at radius 2 is 2.25 bits per heavy atom. The fourth-order valence-electron chi connectivity index (χ4n) is 0.810. The lowest BCUT2D eigenvalue weighted by atomic mass is 10.2. The highest BCUT2D eigenvalue weighted by Gasteiger charge is 2.05. The molecule has 0 unspecified atom stereocenters. The summed E-state index contributed by atoms with van der Waals surface area (Å²) in [6.45, 7) is 7.31. The van der Waals surface area contributed by atoms with Crippen LogP contribution in [0.15, 0.2) is 0 Å². The molecule has 1 aromatic heterocycles. The van der Waals surface area contributed by atoms with Gasteiger partial charge in [-0.1, -0.05) is 13.8 Å². The number of nitrogen functional groups attached to an aromatic ring is 1. The normalized spacial score (nSPS) is 10.7. The van der Waals surface area contributed by atoms with Crippen LogP contribution in [-0.4, -0.2) is 10.9 Å². The first-order chi connectivity index (χ1) is 5.61. The molecule has 12 heavy (non-hydrogen) atoms. The molecule has 0 radical (unpaired) electrons. The number of hydrogen-bond donors (Lipinski definition) is 2. The number of rotatable bonds is 3. The van der Waals surface area contributed by atoms with Crippen LogP contribution in [0.3, 0.4) is 0 Å². The van der Waals surface area contributed by atoms with Crippen LogP contribution >= 0.6 is 11.5 Å². The summed E-state index contributed by atoms with van der Waals surface area (Å²) in [7, 11) is 0. The maximum absolute atomic E-state index is 5.61. The molecule has 1 rings (SSSR count). The highest BCUT2D eigenvalue weighted by molar-refractivity contribution is 7.10. The number of anilines is 2. The van der Waals surface area contributed by atoms with Crippen LogP contribution in [0.5, 0.6) is 0 Å². The van der Waals surface area contributed by atoms with Crippen molar-refractivity contribution in [3.8, 4) is 0 Å². The highest BCUT2D eigenvalue weighted by atomic mass is 32.1. The molecule has 0 bridgehead atoms. The fraction of sp³-hybridized carbons (Fsp3) is 0.625. The van der Waals surface area contributed by atoms with E-state index < -0.39 is 0 Å². The molecule has 0 aliphatic heterocycles. The molecule has 4 heteroatoms. The summed E-state index contributed by atoms with van der Waals surface area (Å²) in [4.78, 5) is 0. The maximum atomic E-state index is 5.61. The Labute approximate surface area is 77.1 Å². The van der Waals surface area contributed by atoms with Gasteiger partial charge < -0.3 is 11.1 Å². The molecule has 0 spiro atoms. The Hall–Kier alpha value is -0.770. The van der Waals surface area contributed by atoms with Crippen LogP contribution in [0.2, 0.25) is 0 Å². The van der Waals surface area contributed by atoms with E-state index in [0.717, 1.165) is 17.1 Å². The molecule has 1 aromatic rings. The maximum Gasteiger partial charge on any atom is 0.142 e. The SMILES string of the molecule is Cc1c(N)nsc1NCC(C)C. The third-order valence-electron chi connectivity index (χ3n) is 1.63. The molecule has 0 atom stereocenters. The molecule has 68 valence electrons. The van der Waals surface area contributed by atoms with E-state index in [4.69, 9.17) is 5.73 Å². The summed E-state index contributed by atoms with van der Waals surface area (Å²) < 4.78 is 4.05. The predicted molar refractivity (Wildman–Crippen MR) is 54.6 cm³/mol. The van der Waals surface area contributed by atoms with Gasteiger partial charge in [0.2, 0.25) is 0 Å². The molecule has 0 saturated carbocycles. The molecular formula is C8H15N3S. The van der Waals surface area contributed by atoms with Crippen LogP contribution < -0.4 is 11.1 Å². The Balaban J connectivity index is 2.58. The molecular weight excluding hydrogens is 170 g/mol. The largest absolute Gasteiger partial charge is 0.383 e. The summed E-state index contributed by atoms with van der Waals surface area (Å²) in [5.41, 5.74) is 6.68. The van der Waals surface area contributed by atoms with Crippen molar-refractivity contribution in [2.75, 3.05) is 17.6 Å². The third-order valence-corrected chi connectivity index (χ3v) is 2.55. The lowest BCUT2D eigenvalue weighted by Crippen LogP contribution is -2.07. The lowest BCUT2D eigenvalue weighted by Gasteiger charge is -2.06.